The monoisotopic (exact) mass is 269 g/mol. The first-order valence-electron chi connectivity index (χ1n) is 6.09. The van der Waals surface area contributed by atoms with Gasteiger partial charge in [0.15, 0.2) is 0 Å². The van der Waals surface area contributed by atoms with Gasteiger partial charge in [0.2, 0.25) is 5.91 Å². The molecule has 7 nitrogen and oxygen atoms in total. The van der Waals surface area contributed by atoms with Crippen LogP contribution in [0.4, 0.5) is 4.79 Å². The van der Waals surface area contributed by atoms with Crippen LogP contribution in [0.5, 0.6) is 0 Å². The molecule has 0 aliphatic heterocycles. The zero-order valence-electron chi connectivity index (χ0n) is 11.4. The Labute approximate surface area is 111 Å². The minimum Gasteiger partial charge on any atom is -0.450 e. The van der Waals surface area contributed by atoms with E-state index in [1.54, 1.807) is 27.0 Å². The molecule has 1 heterocycles. The Morgan fingerprint density at radius 2 is 2.26 bits per heavy atom. The third-order valence-corrected chi connectivity index (χ3v) is 2.39. The van der Waals surface area contributed by atoms with Gasteiger partial charge < -0.3 is 19.5 Å². The van der Waals surface area contributed by atoms with Crippen LogP contribution in [0, 0.1) is 6.92 Å². The first kappa shape index (κ1) is 15.0. The molecule has 1 rings (SSSR count). The third-order valence-electron chi connectivity index (χ3n) is 2.39. The van der Waals surface area contributed by atoms with Gasteiger partial charge >= 0.3 is 6.09 Å². The van der Waals surface area contributed by atoms with Crippen LogP contribution < -0.4 is 5.32 Å². The number of aromatic nitrogens is 1. The summed E-state index contributed by atoms with van der Waals surface area (Å²) in [6.45, 7) is 4.46. The van der Waals surface area contributed by atoms with Gasteiger partial charge in [-0.1, -0.05) is 5.16 Å². The van der Waals surface area contributed by atoms with Crippen LogP contribution in [0.2, 0.25) is 0 Å². The molecule has 0 aromatic carbocycles. The predicted octanol–water partition coefficient (Wildman–Crippen LogP) is 1.08. The van der Waals surface area contributed by atoms with Crippen LogP contribution in [0.3, 0.4) is 0 Å². The van der Waals surface area contributed by atoms with Crippen molar-refractivity contribution in [2.75, 3.05) is 20.2 Å². The van der Waals surface area contributed by atoms with E-state index in [0.717, 1.165) is 0 Å². The van der Waals surface area contributed by atoms with Crippen molar-refractivity contribution in [3.63, 3.8) is 0 Å². The van der Waals surface area contributed by atoms with Crippen molar-refractivity contribution in [3.05, 3.63) is 17.5 Å². The molecule has 0 aliphatic rings. The van der Waals surface area contributed by atoms with Gasteiger partial charge in [-0.05, 0) is 13.8 Å². The van der Waals surface area contributed by atoms with E-state index < -0.39 is 6.09 Å². The molecule has 0 unspecified atom stereocenters. The maximum Gasteiger partial charge on any atom is 0.407 e. The van der Waals surface area contributed by atoms with Crippen molar-refractivity contribution in [1.82, 2.24) is 15.4 Å². The Kier molecular flexibility index (Phi) is 5.84. The highest BCUT2D eigenvalue weighted by Crippen LogP contribution is 2.05. The summed E-state index contributed by atoms with van der Waals surface area (Å²) in [5.41, 5.74) is 0.701. The fourth-order valence-corrected chi connectivity index (χ4v) is 1.47. The molecule has 0 saturated heterocycles. The molecule has 0 radical (unpaired) electrons. The molecule has 0 spiro atoms. The van der Waals surface area contributed by atoms with E-state index in [1.807, 2.05) is 0 Å². The maximum atomic E-state index is 11.8. The minimum absolute atomic E-state index is 0.0857. The lowest BCUT2D eigenvalue weighted by atomic mass is 10.3. The van der Waals surface area contributed by atoms with E-state index >= 15 is 0 Å². The van der Waals surface area contributed by atoms with Crippen molar-refractivity contribution in [1.29, 1.82) is 0 Å². The molecular formula is C12H19N3O4. The van der Waals surface area contributed by atoms with E-state index in [-0.39, 0.29) is 18.9 Å². The number of hydrogen-bond donors (Lipinski definition) is 1. The Bertz CT molecular complexity index is 430. The van der Waals surface area contributed by atoms with Crippen LogP contribution in [-0.4, -0.2) is 42.3 Å². The van der Waals surface area contributed by atoms with Crippen molar-refractivity contribution in [2.45, 2.75) is 26.8 Å². The van der Waals surface area contributed by atoms with E-state index in [2.05, 4.69) is 15.2 Å². The number of ether oxygens (including phenoxy) is 1. The Morgan fingerprint density at radius 1 is 1.53 bits per heavy atom. The van der Waals surface area contributed by atoms with Crippen LogP contribution in [0.15, 0.2) is 10.6 Å². The Balaban J connectivity index is 2.27. The largest absolute Gasteiger partial charge is 0.450 e. The lowest BCUT2D eigenvalue weighted by Crippen LogP contribution is -2.32. The molecule has 2 amide bonds. The molecule has 106 valence electrons. The zero-order valence-corrected chi connectivity index (χ0v) is 11.4. The van der Waals surface area contributed by atoms with Gasteiger partial charge in [-0.3, -0.25) is 4.79 Å². The molecule has 7 heteroatoms. The van der Waals surface area contributed by atoms with Crippen LogP contribution in [0.25, 0.3) is 0 Å². The molecule has 0 aliphatic carbocycles. The van der Waals surface area contributed by atoms with Crippen molar-refractivity contribution < 1.29 is 18.8 Å². The Morgan fingerprint density at radius 3 is 2.84 bits per heavy atom. The van der Waals surface area contributed by atoms with Gasteiger partial charge in [-0.25, -0.2) is 4.79 Å². The van der Waals surface area contributed by atoms with Gasteiger partial charge in [-0.2, -0.15) is 0 Å². The van der Waals surface area contributed by atoms with Crippen LogP contribution in [-0.2, 0) is 16.1 Å². The number of nitrogens with one attached hydrogen (secondary N) is 1. The number of hydrogen-bond acceptors (Lipinski definition) is 5. The average molecular weight is 269 g/mol. The summed E-state index contributed by atoms with van der Waals surface area (Å²) in [7, 11) is 1.68. The van der Waals surface area contributed by atoms with Crippen molar-refractivity contribution in [2.24, 2.45) is 0 Å². The molecule has 1 aromatic rings. The lowest BCUT2D eigenvalue weighted by Gasteiger charge is -2.15. The molecular weight excluding hydrogens is 250 g/mol. The molecule has 1 N–H and O–H groups in total. The van der Waals surface area contributed by atoms with Gasteiger partial charge in [0.1, 0.15) is 11.5 Å². The number of nitrogens with zero attached hydrogens (tertiary/aromatic N) is 2. The number of amides is 2. The summed E-state index contributed by atoms with van der Waals surface area (Å²) < 4.78 is 9.61. The molecule has 1 aromatic heterocycles. The first-order valence-corrected chi connectivity index (χ1v) is 6.09. The topological polar surface area (TPSA) is 84.7 Å². The molecule has 19 heavy (non-hydrogen) atoms. The smallest absolute Gasteiger partial charge is 0.407 e. The highest BCUT2D eigenvalue weighted by molar-refractivity contribution is 5.76. The number of aryl methyl sites for hydroxylation is 1. The highest BCUT2D eigenvalue weighted by Gasteiger charge is 2.12. The summed E-state index contributed by atoms with van der Waals surface area (Å²) in [5, 5.41) is 6.31. The van der Waals surface area contributed by atoms with Gasteiger partial charge in [-0.15, -0.1) is 0 Å². The number of rotatable bonds is 6. The number of carbonyl (C=O) groups is 2. The second kappa shape index (κ2) is 7.40. The minimum atomic E-state index is -0.509. The summed E-state index contributed by atoms with van der Waals surface area (Å²) in [5.74, 6) is 0.622. The molecule has 0 saturated carbocycles. The maximum absolute atomic E-state index is 11.8. The summed E-state index contributed by atoms with van der Waals surface area (Å²) in [6.07, 6.45) is -0.295. The van der Waals surface area contributed by atoms with E-state index in [9.17, 15) is 9.59 Å². The first-order chi connectivity index (χ1) is 9.02. The van der Waals surface area contributed by atoms with Crippen LogP contribution in [0.1, 0.15) is 24.8 Å². The summed E-state index contributed by atoms with van der Waals surface area (Å²) >= 11 is 0. The standard InChI is InChI=1S/C12H19N3O4/c1-4-18-12(17)13-6-5-11(16)15(3)8-10-7-9(2)19-14-10/h7H,4-6,8H2,1-3H3,(H,13,17). The van der Waals surface area contributed by atoms with E-state index in [1.165, 1.54) is 4.90 Å². The van der Waals surface area contributed by atoms with Gasteiger partial charge in [0.25, 0.3) is 0 Å². The second-order valence-electron chi connectivity index (χ2n) is 4.08. The van der Waals surface area contributed by atoms with Gasteiger partial charge in [0.05, 0.1) is 13.2 Å². The summed E-state index contributed by atoms with van der Waals surface area (Å²) in [4.78, 5) is 24.3. The fourth-order valence-electron chi connectivity index (χ4n) is 1.47. The molecule has 0 bridgehead atoms. The third kappa shape index (κ3) is 5.41. The number of alkyl carbamates (subject to hydrolysis) is 1. The van der Waals surface area contributed by atoms with E-state index in [0.29, 0.717) is 24.6 Å². The van der Waals surface area contributed by atoms with Crippen LogP contribution >= 0.6 is 0 Å². The van der Waals surface area contributed by atoms with Crippen molar-refractivity contribution >= 4 is 12.0 Å². The lowest BCUT2D eigenvalue weighted by molar-refractivity contribution is -0.130. The van der Waals surface area contributed by atoms with Gasteiger partial charge in [0, 0.05) is 26.1 Å². The Hall–Kier alpha value is -2.05. The fraction of sp³-hybridized carbons (Fsp3) is 0.583. The van der Waals surface area contributed by atoms with E-state index in [4.69, 9.17) is 4.52 Å². The normalized spacial score (nSPS) is 10.1. The predicted molar refractivity (Wildman–Crippen MR) is 67.4 cm³/mol. The summed E-state index contributed by atoms with van der Waals surface area (Å²) in [6, 6.07) is 1.78. The SMILES string of the molecule is CCOC(=O)NCCC(=O)N(C)Cc1cc(C)on1. The zero-order chi connectivity index (χ0) is 14.3. The highest BCUT2D eigenvalue weighted by atomic mass is 16.5. The molecule has 0 fully saturated rings. The van der Waals surface area contributed by atoms with Crippen molar-refractivity contribution in [3.8, 4) is 0 Å². The second-order valence-corrected chi connectivity index (χ2v) is 4.08. The average Bonchev–Trinajstić information content (AvgIpc) is 2.75. The number of carbonyl (C=O) groups excluding carboxylic acids is 2. The quantitative estimate of drug-likeness (QED) is 0.835. The molecule has 0 atom stereocenters.